The Morgan fingerprint density at radius 3 is 2.33 bits per heavy atom. The fraction of sp³-hybridized carbons (Fsp3) is 0.875. The van der Waals surface area contributed by atoms with Gasteiger partial charge in [-0.3, -0.25) is 0 Å². The maximum atomic E-state index is 9.84. The highest BCUT2D eigenvalue weighted by Gasteiger charge is 1.85. The Kier molecular flexibility index (Phi) is 7.39. The summed E-state index contributed by atoms with van der Waals surface area (Å²) in [6.07, 6.45) is 7.97. The predicted molar refractivity (Wildman–Crippen MR) is 39.4 cm³/mol. The van der Waals surface area contributed by atoms with Crippen LogP contribution in [0.2, 0.25) is 0 Å². The molecule has 0 unspecified atom stereocenters. The smallest absolute Gasteiger partial charge is 0.119 e. The van der Waals surface area contributed by atoms with Gasteiger partial charge in [0.25, 0.3) is 0 Å². The van der Waals surface area contributed by atoms with Crippen LogP contribution in [0.3, 0.4) is 0 Å². The van der Waals surface area contributed by atoms with E-state index in [1.165, 1.54) is 25.7 Å². The molecule has 0 N–H and O–H groups in total. The summed E-state index contributed by atoms with van der Waals surface area (Å²) in [6, 6.07) is 0. The van der Waals surface area contributed by atoms with Crippen LogP contribution >= 0.6 is 0 Å². The van der Waals surface area contributed by atoms with E-state index in [9.17, 15) is 4.79 Å². The maximum Gasteiger partial charge on any atom is 0.119 e. The fourth-order valence-corrected chi connectivity index (χ4v) is 0.831. The van der Waals surface area contributed by atoms with Gasteiger partial charge < -0.3 is 4.79 Å². The van der Waals surface area contributed by atoms with Gasteiger partial charge in [0.2, 0.25) is 0 Å². The minimum Gasteiger partial charge on any atom is -0.303 e. The predicted octanol–water partition coefficient (Wildman–Crippen LogP) is 2.55. The molecule has 0 rings (SSSR count). The Balaban J connectivity index is 2.66. The minimum atomic E-state index is 0.754. The van der Waals surface area contributed by atoms with Crippen LogP contribution in [0.25, 0.3) is 0 Å². The number of carbonyl (C=O) groups is 1. The lowest BCUT2D eigenvalue weighted by Crippen LogP contribution is -1.78. The monoisotopic (exact) mass is 130 g/mol. The van der Waals surface area contributed by atoms with Gasteiger partial charge >= 0.3 is 0 Å². The van der Waals surface area contributed by atoms with E-state index in [1.807, 2.05) is 0 Å². The summed E-state index contributed by atoms with van der Waals surface area (Å²) in [5, 5.41) is 0. The van der Waals surface area contributed by atoms with Gasteiger partial charge in [0.05, 0.1) is 0 Å². The van der Waals surface area contributed by atoms with Crippen molar-refractivity contribution >= 4 is 6.29 Å². The number of aldehydes is 1. The Morgan fingerprint density at radius 1 is 1.11 bits per heavy atom. The van der Waals surface area contributed by atoms with Gasteiger partial charge in [-0.1, -0.05) is 32.6 Å². The van der Waals surface area contributed by atoms with Crippen molar-refractivity contribution in [3.8, 4) is 0 Å². The van der Waals surface area contributed by atoms with Crippen molar-refractivity contribution in [1.29, 1.82) is 0 Å². The number of carbonyl (C=O) groups excluding carboxylic acids is 1. The van der Waals surface area contributed by atoms with Gasteiger partial charge in [-0.2, -0.15) is 0 Å². The van der Waals surface area contributed by atoms with Crippen LogP contribution < -0.4 is 0 Å². The zero-order chi connectivity index (χ0) is 6.95. The molecule has 0 aromatic carbocycles. The highest BCUT2D eigenvalue weighted by atomic mass is 16.2. The summed E-state index contributed by atoms with van der Waals surface area (Å²) in [7, 11) is 0. The average Bonchev–Trinajstić information content (AvgIpc) is 1.89. The Bertz CT molecular complexity index is 59.6. The molecular formula is C8H16O. The molecule has 54 valence electrons. The molecule has 0 fully saturated rings. The van der Waals surface area contributed by atoms with Crippen molar-refractivity contribution in [3.05, 3.63) is 0 Å². The zero-order valence-electron chi connectivity index (χ0n) is 6.23. The van der Waals surface area contributed by atoms with Crippen molar-refractivity contribution < 1.29 is 4.79 Å². The molecular weight excluding hydrogens is 114 g/mol. The quantitative estimate of drug-likeness (QED) is 0.399. The normalized spacial score (nSPS) is 9.44. The van der Waals surface area contributed by atoms with E-state index in [0.717, 1.165) is 19.1 Å². The van der Waals surface area contributed by atoms with Gasteiger partial charge in [-0.25, -0.2) is 0 Å². The summed E-state index contributed by atoms with van der Waals surface area (Å²) in [6.45, 7) is 2.19. The van der Waals surface area contributed by atoms with Gasteiger partial charge in [-0.05, 0) is 6.42 Å². The first-order valence-corrected chi connectivity index (χ1v) is 3.85. The van der Waals surface area contributed by atoms with Crippen molar-refractivity contribution in [1.82, 2.24) is 0 Å². The number of hydrogen-bond donors (Lipinski definition) is 0. The maximum absolute atomic E-state index is 9.84. The van der Waals surface area contributed by atoms with Gasteiger partial charge in [0, 0.05) is 6.42 Å². The van der Waals surface area contributed by atoms with Crippen LogP contribution in [0.5, 0.6) is 0 Å². The summed E-state index contributed by atoms with van der Waals surface area (Å²) in [5.74, 6) is 0. The Labute approximate surface area is 57.5 Å². The number of rotatable bonds is 6. The molecule has 0 heterocycles. The van der Waals surface area contributed by atoms with Gasteiger partial charge in [0.15, 0.2) is 0 Å². The highest BCUT2D eigenvalue weighted by molar-refractivity contribution is 5.48. The molecule has 0 radical (unpaired) electrons. The summed E-state index contributed by atoms with van der Waals surface area (Å²) in [4.78, 5) is 9.84. The molecule has 0 bridgehead atoms. The number of unbranched alkanes of at least 4 members (excludes halogenated alkanes) is 5. The van der Waals surface area contributed by atoms with E-state index in [1.54, 1.807) is 0 Å². The fourth-order valence-electron chi connectivity index (χ4n) is 0.831. The molecule has 0 saturated heterocycles. The molecule has 0 saturated carbocycles. The third-order valence-electron chi connectivity index (χ3n) is 1.43. The molecule has 1 heteroatoms. The number of hydrogen-bond acceptors (Lipinski definition) is 1. The summed E-state index contributed by atoms with van der Waals surface area (Å²) in [5.41, 5.74) is 0. The van der Waals surface area contributed by atoms with E-state index < -0.39 is 0 Å². The lowest BCUT2D eigenvalue weighted by Gasteiger charge is -1.93. The van der Waals surface area contributed by atoms with Crippen molar-refractivity contribution in [3.63, 3.8) is 0 Å². The van der Waals surface area contributed by atoms with E-state index in [-0.39, 0.29) is 0 Å². The highest BCUT2D eigenvalue weighted by Crippen LogP contribution is 2.02. The van der Waals surface area contributed by atoms with Crippen LogP contribution in [0.1, 0.15) is 45.4 Å². The SMILES string of the molecule is CCCCCCC[14CH]=O. The molecule has 0 aliphatic rings. The Morgan fingerprint density at radius 2 is 1.78 bits per heavy atom. The van der Waals surface area contributed by atoms with Crippen LogP contribution in [0.4, 0.5) is 0 Å². The second-order valence-corrected chi connectivity index (χ2v) is 2.37. The third kappa shape index (κ3) is 7.67. The lowest BCUT2D eigenvalue weighted by atomic mass is 10.2. The first kappa shape index (κ1) is 8.67. The first-order valence-electron chi connectivity index (χ1n) is 3.85. The molecule has 0 aliphatic heterocycles. The second kappa shape index (κ2) is 7.67. The molecule has 0 amide bonds. The van der Waals surface area contributed by atoms with E-state index >= 15 is 0 Å². The molecule has 1 nitrogen and oxygen atoms in total. The van der Waals surface area contributed by atoms with Gasteiger partial charge in [-0.15, -0.1) is 0 Å². The lowest BCUT2D eigenvalue weighted by molar-refractivity contribution is -0.107. The van der Waals surface area contributed by atoms with Crippen LogP contribution in [-0.2, 0) is 4.79 Å². The van der Waals surface area contributed by atoms with E-state index in [0.29, 0.717) is 0 Å². The van der Waals surface area contributed by atoms with Crippen molar-refractivity contribution in [2.24, 2.45) is 0 Å². The third-order valence-corrected chi connectivity index (χ3v) is 1.43. The van der Waals surface area contributed by atoms with Crippen LogP contribution in [0, 0.1) is 0 Å². The zero-order valence-corrected chi connectivity index (χ0v) is 6.23. The van der Waals surface area contributed by atoms with Crippen molar-refractivity contribution in [2.75, 3.05) is 0 Å². The molecule has 0 aromatic heterocycles. The summed E-state index contributed by atoms with van der Waals surface area (Å²) >= 11 is 0. The largest absolute Gasteiger partial charge is 0.303 e. The molecule has 0 atom stereocenters. The van der Waals surface area contributed by atoms with Gasteiger partial charge in [0.1, 0.15) is 6.29 Å². The van der Waals surface area contributed by atoms with E-state index in [2.05, 4.69) is 6.92 Å². The van der Waals surface area contributed by atoms with Crippen molar-refractivity contribution in [2.45, 2.75) is 45.4 Å². The molecule has 0 aromatic rings. The molecule has 0 aliphatic carbocycles. The molecule has 9 heavy (non-hydrogen) atoms. The topological polar surface area (TPSA) is 17.1 Å². The minimum absolute atomic E-state index is 0.754. The van der Waals surface area contributed by atoms with Crippen LogP contribution in [-0.4, -0.2) is 6.29 Å². The summed E-state index contributed by atoms with van der Waals surface area (Å²) < 4.78 is 0. The standard InChI is InChI=1S/C8H16O/c1-2-3-4-5-6-7-8-9/h8H,2-7H2,1H3/i8+2. The van der Waals surface area contributed by atoms with Crippen LogP contribution in [0.15, 0.2) is 0 Å². The van der Waals surface area contributed by atoms with E-state index in [4.69, 9.17) is 0 Å². The Hall–Kier alpha value is -0.330. The molecule has 0 spiro atoms. The second-order valence-electron chi connectivity index (χ2n) is 2.37. The first-order chi connectivity index (χ1) is 4.41. The average molecular weight is 130 g/mol.